The molecule has 0 fully saturated rings. The number of hydrogen-bond donors (Lipinski definition) is 2. The van der Waals surface area contributed by atoms with Crippen LogP contribution in [-0.2, 0) is 6.42 Å². The van der Waals surface area contributed by atoms with E-state index in [1.807, 2.05) is 18.2 Å². The number of aromatic nitrogens is 1. The monoisotopic (exact) mass is 241 g/mol. The second-order valence-corrected chi connectivity index (χ2v) is 4.12. The van der Waals surface area contributed by atoms with Gasteiger partial charge in [0.1, 0.15) is 11.6 Å². The van der Waals surface area contributed by atoms with Gasteiger partial charge in [0.2, 0.25) is 0 Å². The van der Waals surface area contributed by atoms with E-state index in [4.69, 9.17) is 0 Å². The Hall–Kier alpha value is -2.03. The first-order chi connectivity index (χ1) is 8.81. The zero-order valence-electron chi connectivity index (χ0n) is 10.9. The number of anilines is 3. The number of aryl methyl sites for hydroxylation is 1. The van der Waals surface area contributed by atoms with Gasteiger partial charge in [0, 0.05) is 12.2 Å². The third-order valence-electron chi connectivity index (χ3n) is 2.71. The van der Waals surface area contributed by atoms with Gasteiger partial charge in [-0.3, -0.25) is 0 Å². The van der Waals surface area contributed by atoms with Gasteiger partial charge in [0.25, 0.3) is 0 Å². The van der Waals surface area contributed by atoms with E-state index in [0.29, 0.717) is 0 Å². The van der Waals surface area contributed by atoms with Crippen LogP contribution in [0, 0.1) is 0 Å². The Morgan fingerprint density at radius 2 is 1.78 bits per heavy atom. The molecule has 0 radical (unpaired) electrons. The zero-order valence-corrected chi connectivity index (χ0v) is 10.9. The Labute approximate surface area is 108 Å². The molecule has 0 atom stereocenters. The molecule has 1 aromatic carbocycles. The smallest absolute Gasteiger partial charge is 0.132 e. The van der Waals surface area contributed by atoms with Crippen LogP contribution in [0.4, 0.5) is 17.3 Å². The molecule has 2 N–H and O–H groups in total. The van der Waals surface area contributed by atoms with Crippen LogP contribution in [0.1, 0.15) is 19.4 Å². The minimum absolute atomic E-state index is 0.863. The lowest BCUT2D eigenvalue weighted by atomic mass is 10.1. The van der Waals surface area contributed by atoms with Crippen LogP contribution in [0.5, 0.6) is 0 Å². The maximum atomic E-state index is 4.49. The highest BCUT2D eigenvalue weighted by Gasteiger charge is 1.98. The van der Waals surface area contributed by atoms with Gasteiger partial charge >= 0.3 is 0 Å². The average molecular weight is 241 g/mol. The fourth-order valence-electron chi connectivity index (χ4n) is 1.80. The molecule has 1 heterocycles. The third-order valence-corrected chi connectivity index (χ3v) is 2.71. The van der Waals surface area contributed by atoms with Gasteiger partial charge in [0.15, 0.2) is 0 Å². The van der Waals surface area contributed by atoms with Crippen molar-refractivity contribution in [3.05, 3.63) is 48.0 Å². The Morgan fingerprint density at radius 3 is 2.56 bits per heavy atom. The summed E-state index contributed by atoms with van der Waals surface area (Å²) in [5.74, 6) is 1.76. The summed E-state index contributed by atoms with van der Waals surface area (Å²) in [4.78, 5) is 4.49. The second-order valence-electron chi connectivity index (χ2n) is 4.12. The molecule has 0 aliphatic heterocycles. The number of nitrogens with zero attached hydrogens (tertiary/aromatic N) is 1. The van der Waals surface area contributed by atoms with E-state index < -0.39 is 0 Å². The highest BCUT2D eigenvalue weighted by atomic mass is 15.1. The van der Waals surface area contributed by atoms with Crippen LogP contribution in [0.15, 0.2) is 42.5 Å². The van der Waals surface area contributed by atoms with Crippen molar-refractivity contribution in [3.63, 3.8) is 0 Å². The summed E-state index contributed by atoms with van der Waals surface area (Å²) in [6.45, 7) is 5.09. The zero-order chi connectivity index (χ0) is 12.8. The van der Waals surface area contributed by atoms with E-state index in [1.165, 1.54) is 5.56 Å². The van der Waals surface area contributed by atoms with Crippen LogP contribution in [0.25, 0.3) is 0 Å². The predicted octanol–water partition coefficient (Wildman–Crippen LogP) is 3.82. The van der Waals surface area contributed by atoms with Crippen molar-refractivity contribution in [3.8, 4) is 0 Å². The maximum absolute atomic E-state index is 4.49. The molecule has 0 amide bonds. The van der Waals surface area contributed by atoms with Gasteiger partial charge in [-0.05, 0) is 43.2 Å². The number of nitrogens with one attached hydrogen (secondary N) is 2. The number of hydrogen-bond acceptors (Lipinski definition) is 3. The van der Waals surface area contributed by atoms with Crippen molar-refractivity contribution in [1.82, 2.24) is 4.98 Å². The SMILES string of the molecule is CCNc1cccc(Nc2cccc(CC)c2)n1. The Kier molecular flexibility index (Phi) is 4.18. The largest absolute Gasteiger partial charge is 0.370 e. The number of rotatable bonds is 5. The molecule has 2 rings (SSSR count). The molecule has 0 saturated heterocycles. The molecule has 0 aliphatic rings. The van der Waals surface area contributed by atoms with Crippen molar-refractivity contribution in [1.29, 1.82) is 0 Å². The standard InChI is InChI=1S/C15H19N3/c1-3-12-7-5-8-13(11-12)17-15-10-6-9-14(18-15)16-4-2/h5-11H,3-4H2,1-2H3,(H2,16,17,18). The molecular weight excluding hydrogens is 222 g/mol. The number of pyridine rings is 1. The molecule has 2 aromatic rings. The Bertz CT molecular complexity index is 509. The molecular formula is C15H19N3. The summed E-state index contributed by atoms with van der Waals surface area (Å²) < 4.78 is 0. The van der Waals surface area contributed by atoms with E-state index in [-0.39, 0.29) is 0 Å². The predicted molar refractivity (Wildman–Crippen MR) is 77.5 cm³/mol. The first-order valence-electron chi connectivity index (χ1n) is 6.38. The summed E-state index contributed by atoms with van der Waals surface area (Å²) >= 11 is 0. The first kappa shape index (κ1) is 12.4. The average Bonchev–Trinajstić information content (AvgIpc) is 2.40. The molecule has 0 bridgehead atoms. The molecule has 0 aliphatic carbocycles. The lowest BCUT2D eigenvalue weighted by molar-refractivity contribution is 1.14. The fraction of sp³-hybridized carbons (Fsp3) is 0.267. The second kappa shape index (κ2) is 6.05. The van der Waals surface area contributed by atoms with E-state index >= 15 is 0 Å². The highest BCUT2D eigenvalue weighted by molar-refractivity contribution is 5.58. The van der Waals surface area contributed by atoms with E-state index in [1.54, 1.807) is 0 Å². The third kappa shape index (κ3) is 3.23. The van der Waals surface area contributed by atoms with Gasteiger partial charge < -0.3 is 10.6 Å². The summed E-state index contributed by atoms with van der Waals surface area (Å²) in [5, 5.41) is 6.53. The van der Waals surface area contributed by atoms with Crippen LogP contribution in [0.3, 0.4) is 0 Å². The molecule has 3 heteroatoms. The van der Waals surface area contributed by atoms with Gasteiger partial charge in [-0.15, -0.1) is 0 Å². The summed E-state index contributed by atoms with van der Waals surface area (Å²) in [7, 11) is 0. The molecule has 0 unspecified atom stereocenters. The molecule has 3 nitrogen and oxygen atoms in total. The van der Waals surface area contributed by atoms with Crippen molar-refractivity contribution < 1.29 is 0 Å². The van der Waals surface area contributed by atoms with Crippen LogP contribution < -0.4 is 10.6 Å². The highest BCUT2D eigenvalue weighted by Crippen LogP contribution is 2.17. The minimum Gasteiger partial charge on any atom is -0.370 e. The van der Waals surface area contributed by atoms with Gasteiger partial charge in [-0.2, -0.15) is 0 Å². The van der Waals surface area contributed by atoms with Crippen molar-refractivity contribution in [2.24, 2.45) is 0 Å². The number of benzene rings is 1. The van der Waals surface area contributed by atoms with E-state index in [2.05, 4.69) is 53.7 Å². The summed E-state index contributed by atoms with van der Waals surface area (Å²) in [6, 6.07) is 14.3. The van der Waals surface area contributed by atoms with Gasteiger partial charge in [-0.25, -0.2) is 4.98 Å². The van der Waals surface area contributed by atoms with Crippen LogP contribution in [0.2, 0.25) is 0 Å². The first-order valence-corrected chi connectivity index (χ1v) is 6.38. The Balaban J connectivity index is 2.14. The lowest BCUT2D eigenvalue weighted by Crippen LogP contribution is -2.01. The quantitative estimate of drug-likeness (QED) is 0.835. The van der Waals surface area contributed by atoms with E-state index in [0.717, 1.165) is 30.3 Å². The van der Waals surface area contributed by atoms with Gasteiger partial charge in [0.05, 0.1) is 0 Å². The maximum Gasteiger partial charge on any atom is 0.132 e. The van der Waals surface area contributed by atoms with Crippen molar-refractivity contribution in [2.45, 2.75) is 20.3 Å². The molecule has 18 heavy (non-hydrogen) atoms. The minimum atomic E-state index is 0.863. The summed E-state index contributed by atoms with van der Waals surface area (Å²) in [6.07, 6.45) is 1.04. The van der Waals surface area contributed by atoms with E-state index in [9.17, 15) is 0 Å². The molecule has 0 spiro atoms. The Morgan fingerprint density at radius 1 is 1.00 bits per heavy atom. The van der Waals surface area contributed by atoms with Crippen molar-refractivity contribution >= 4 is 17.3 Å². The van der Waals surface area contributed by atoms with Crippen molar-refractivity contribution in [2.75, 3.05) is 17.2 Å². The normalized spacial score (nSPS) is 10.1. The topological polar surface area (TPSA) is 37.0 Å². The molecule has 0 saturated carbocycles. The fourth-order valence-corrected chi connectivity index (χ4v) is 1.80. The lowest BCUT2D eigenvalue weighted by Gasteiger charge is -2.09. The van der Waals surface area contributed by atoms with Crippen LogP contribution in [-0.4, -0.2) is 11.5 Å². The summed E-state index contributed by atoms with van der Waals surface area (Å²) in [5.41, 5.74) is 2.40. The molecule has 94 valence electrons. The molecule has 1 aromatic heterocycles. The van der Waals surface area contributed by atoms with Crippen LogP contribution >= 0.6 is 0 Å². The van der Waals surface area contributed by atoms with Gasteiger partial charge in [-0.1, -0.05) is 25.1 Å².